The molecule has 0 N–H and O–H groups in total. The van der Waals surface area contributed by atoms with Crippen molar-refractivity contribution in [1.29, 1.82) is 0 Å². The summed E-state index contributed by atoms with van der Waals surface area (Å²) in [6.07, 6.45) is 7.60. The number of rotatable bonds is 2. The SMILES string of the molecule is CC1(C(=O)OC2CCCCC2)CC2OC23CC1O3. The van der Waals surface area contributed by atoms with Gasteiger partial charge in [0.05, 0.1) is 11.5 Å². The number of esters is 1. The van der Waals surface area contributed by atoms with Gasteiger partial charge in [0.25, 0.3) is 0 Å². The highest BCUT2D eigenvalue weighted by Gasteiger charge is 2.76. The van der Waals surface area contributed by atoms with Gasteiger partial charge in [-0.25, -0.2) is 0 Å². The minimum atomic E-state index is -0.486. The normalized spacial score (nSPS) is 50.1. The van der Waals surface area contributed by atoms with E-state index in [-0.39, 0.29) is 30.1 Å². The Morgan fingerprint density at radius 2 is 1.78 bits per heavy atom. The van der Waals surface area contributed by atoms with E-state index in [1.165, 1.54) is 19.3 Å². The summed E-state index contributed by atoms with van der Waals surface area (Å²) in [6.45, 7) is 1.98. The van der Waals surface area contributed by atoms with Crippen LogP contribution in [0.5, 0.6) is 0 Å². The third-order valence-corrected chi connectivity index (χ3v) is 5.20. The van der Waals surface area contributed by atoms with Crippen molar-refractivity contribution in [2.75, 3.05) is 0 Å². The number of hydrogen-bond donors (Lipinski definition) is 0. The first kappa shape index (κ1) is 11.2. The van der Waals surface area contributed by atoms with E-state index >= 15 is 0 Å². The van der Waals surface area contributed by atoms with Crippen LogP contribution in [0.25, 0.3) is 0 Å². The first-order valence-electron chi connectivity index (χ1n) is 7.19. The lowest BCUT2D eigenvalue weighted by molar-refractivity contribution is -0.256. The maximum atomic E-state index is 12.4. The van der Waals surface area contributed by atoms with Gasteiger partial charge in [0, 0.05) is 6.42 Å². The monoisotopic (exact) mass is 252 g/mol. The number of carbonyl (C=O) groups excluding carboxylic acids is 1. The first-order valence-corrected chi connectivity index (χ1v) is 7.19. The van der Waals surface area contributed by atoms with E-state index in [4.69, 9.17) is 14.2 Å². The number of carbonyl (C=O) groups is 1. The Morgan fingerprint density at radius 1 is 1.11 bits per heavy atom. The lowest BCUT2D eigenvalue weighted by Gasteiger charge is -2.48. The zero-order chi connectivity index (χ0) is 12.4. The van der Waals surface area contributed by atoms with Gasteiger partial charge in [-0.05, 0) is 39.0 Å². The lowest BCUT2D eigenvalue weighted by Crippen LogP contribution is -2.60. The van der Waals surface area contributed by atoms with Crippen LogP contribution >= 0.6 is 0 Å². The van der Waals surface area contributed by atoms with Gasteiger partial charge < -0.3 is 14.2 Å². The predicted octanol–water partition coefficient (Wildman–Crippen LogP) is 2.16. The highest BCUT2D eigenvalue weighted by atomic mass is 16.8. The van der Waals surface area contributed by atoms with Gasteiger partial charge in [-0.2, -0.15) is 0 Å². The third-order valence-electron chi connectivity index (χ3n) is 5.20. The molecule has 5 aliphatic rings. The van der Waals surface area contributed by atoms with Crippen molar-refractivity contribution in [3.8, 4) is 0 Å². The fourth-order valence-corrected chi connectivity index (χ4v) is 3.73. The van der Waals surface area contributed by atoms with Crippen LogP contribution in [-0.4, -0.2) is 30.1 Å². The molecule has 4 heteroatoms. The molecule has 18 heavy (non-hydrogen) atoms. The maximum absolute atomic E-state index is 12.4. The molecule has 5 fully saturated rings. The predicted molar refractivity (Wildman–Crippen MR) is 62.8 cm³/mol. The van der Waals surface area contributed by atoms with Gasteiger partial charge in [-0.15, -0.1) is 0 Å². The van der Waals surface area contributed by atoms with Gasteiger partial charge in [-0.1, -0.05) is 6.42 Å². The average Bonchev–Trinajstić information content (AvgIpc) is 3.05. The quantitative estimate of drug-likeness (QED) is 0.558. The highest BCUT2D eigenvalue weighted by molar-refractivity contribution is 5.78. The van der Waals surface area contributed by atoms with Crippen LogP contribution in [0.15, 0.2) is 0 Å². The molecule has 2 aliphatic carbocycles. The summed E-state index contributed by atoms with van der Waals surface area (Å²) in [7, 11) is 0. The molecular formula is C14H20O4. The van der Waals surface area contributed by atoms with E-state index in [1.807, 2.05) is 6.92 Å². The minimum Gasteiger partial charge on any atom is -0.462 e. The molecule has 5 rings (SSSR count). The zero-order valence-corrected chi connectivity index (χ0v) is 10.8. The van der Waals surface area contributed by atoms with E-state index < -0.39 is 5.41 Å². The molecule has 0 radical (unpaired) electrons. The summed E-state index contributed by atoms with van der Waals surface area (Å²) in [5.41, 5.74) is -0.486. The Morgan fingerprint density at radius 3 is 2.44 bits per heavy atom. The standard InChI is InChI=1S/C14H20O4/c1-13(7-11-14(18-11)8-10(13)17-14)12(15)16-9-5-3-2-4-6-9/h9-11H,2-8H2,1H3. The van der Waals surface area contributed by atoms with E-state index in [9.17, 15) is 4.79 Å². The topological polar surface area (TPSA) is 48.1 Å². The average molecular weight is 252 g/mol. The Bertz CT molecular complexity index is 381. The van der Waals surface area contributed by atoms with Crippen LogP contribution < -0.4 is 0 Å². The highest BCUT2D eigenvalue weighted by Crippen LogP contribution is 2.64. The van der Waals surface area contributed by atoms with Crippen LogP contribution in [0.3, 0.4) is 0 Å². The van der Waals surface area contributed by atoms with Crippen molar-refractivity contribution in [2.24, 2.45) is 5.41 Å². The van der Waals surface area contributed by atoms with Crippen molar-refractivity contribution in [1.82, 2.24) is 0 Å². The van der Waals surface area contributed by atoms with Crippen molar-refractivity contribution >= 4 is 5.97 Å². The number of ether oxygens (including phenoxy) is 3. The Kier molecular flexibility index (Phi) is 2.17. The number of fused-ring (bicyclic) bond motifs is 1. The molecule has 4 nitrogen and oxygen atoms in total. The summed E-state index contributed by atoms with van der Waals surface area (Å²) in [4.78, 5) is 12.4. The van der Waals surface area contributed by atoms with Crippen molar-refractivity contribution < 1.29 is 19.0 Å². The molecule has 2 bridgehead atoms. The van der Waals surface area contributed by atoms with E-state index in [0.29, 0.717) is 0 Å². The van der Waals surface area contributed by atoms with Crippen LogP contribution in [0.2, 0.25) is 0 Å². The molecule has 2 saturated carbocycles. The van der Waals surface area contributed by atoms with Crippen LogP contribution in [0, 0.1) is 5.41 Å². The molecule has 3 aliphatic heterocycles. The molecule has 100 valence electrons. The van der Waals surface area contributed by atoms with Gasteiger partial charge in [0.2, 0.25) is 0 Å². The Balaban J connectivity index is 1.43. The smallest absolute Gasteiger partial charge is 0.314 e. The third kappa shape index (κ3) is 1.42. The second kappa shape index (κ2) is 3.48. The van der Waals surface area contributed by atoms with Crippen LogP contribution in [0.1, 0.15) is 51.9 Å². The second-order valence-corrected chi connectivity index (χ2v) is 6.52. The molecule has 0 aromatic heterocycles. The fourth-order valence-electron chi connectivity index (χ4n) is 3.73. The second-order valence-electron chi connectivity index (χ2n) is 6.52. The molecule has 1 spiro atoms. The molecule has 0 aromatic rings. The van der Waals surface area contributed by atoms with Crippen molar-refractivity contribution in [3.05, 3.63) is 0 Å². The van der Waals surface area contributed by atoms with E-state index in [0.717, 1.165) is 25.7 Å². The van der Waals surface area contributed by atoms with Gasteiger partial charge in [-0.3, -0.25) is 4.79 Å². The molecule has 4 atom stereocenters. The molecular weight excluding hydrogens is 232 g/mol. The summed E-state index contributed by atoms with van der Waals surface area (Å²) in [5.74, 6) is -0.349. The van der Waals surface area contributed by atoms with Gasteiger partial charge in [0.15, 0.2) is 5.79 Å². The Labute approximate surface area is 107 Å². The van der Waals surface area contributed by atoms with Crippen molar-refractivity contribution in [2.45, 2.75) is 76.0 Å². The summed E-state index contributed by atoms with van der Waals surface area (Å²) in [5, 5.41) is 0. The zero-order valence-electron chi connectivity index (χ0n) is 10.8. The molecule has 3 saturated heterocycles. The number of epoxide rings is 1. The number of hydrogen-bond acceptors (Lipinski definition) is 4. The largest absolute Gasteiger partial charge is 0.462 e. The van der Waals surface area contributed by atoms with Gasteiger partial charge in [0.1, 0.15) is 12.2 Å². The van der Waals surface area contributed by atoms with Gasteiger partial charge >= 0.3 is 5.97 Å². The van der Waals surface area contributed by atoms with Crippen LogP contribution in [-0.2, 0) is 19.0 Å². The summed E-state index contributed by atoms with van der Waals surface area (Å²) in [6, 6.07) is 0. The summed E-state index contributed by atoms with van der Waals surface area (Å²) >= 11 is 0. The molecule has 3 heterocycles. The fraction of sp³-hybridized carbons (Fsp3) is 0.929. The lowest BCUT2D eigenvalue weighted by atomic mass is 9.68. The van der Waals surface area contributed by atoms with E-state index in [1.54, 1.807) is 0 Å². The molecule has 4 unspecified atom stereocenters. The molecule has 0 amide bonds. The minimum absolute atomic E-state index is 0.00680. The Hall–Kier alpha value is -0.610. The summed E-state index contributed by atoms with van der Waals surface area (Å²) < 4.78 is 17.0. The molecule has 0 aromatic carbocycles. The van der Waals surface area contributed by atoms with E-state index in [2.05, 4.69) is 0 Å². The maximum Gasteiger partial charge on any atom is 0.314 e. The van der Waals surface area contributed by atoms with Crippen LogP contribution in [0.4, 0.5) is 0 Å². The first-order chi connectivity index (χ1) is 8.62. The van der Waals surface area contributed by atoms with Crippen molar-refractivity contribution in [3.63, 3.8) is 0 Å².